The van der Waals surface area contributed by atoms with Gasteiger partial charge in [-0.25, -0.2) is 0 Å². The fourth-order valence-corrected chi connectivity index (χ4v) is 3.24. The summed E-state index contributed by atoms with van der Waals surface area (Å²) in [6, 6.07) is 0. The van der Waals surface area contributed by atoms with Crippen LogP contribution in [0.15, 0.2) is 11.6 Å². The van der Waals surface area contributed by atoms with Crippen LogP contribution in [-0.2, 0) is 9.53 Å². The van der Waals surface area contributed by atoms with Gasteiger partial charge in [0, 0.05) is 5.33 Å². The maximum absolute atomic E-state index is 12.4. The number of ether oxygens (including phenoxy) is 1. The van der Waals surface area contributed by atoms with E-state index in [-0.39, 0.29) is 22.1 Å². The third-order valence-electron chi connectivity index (χ3n) is 3.93. The summed E-state index contributed by atoms with van der Waals surface area (Å²) < 4.78 is 5.72. The van der Waals surface area contributed by atoms with Crippen molar-refractivity contribution in [1.82, 2.24) is 0 Å². The van der Waals surface area contributed by atoms with E-state index in [1.54, 1.807) is 0 Å². The summed E-state index contributed by atoms with van der Waals surface area (Å²) >= 11 is 6.96. The van der Waals surface area contributed by atoms with Crippen LogP contribution in [0.5, 0.6) is 0 Å². The molecule has 1 aliphatic rings. The van der Waals surface area contributed by atoms with Crippen LogP contribution < -0.4 is 0 Å². The summed E-state index contributed by atoms with van der Waals surface area (Å²) in [4.78, 5) is 12.5. The molecular formula is C15H24Br2O2. The molecule has 3 atom stereocenters. The standard InChI is InChI=1S/C15H24Br2O2/c1-9(2)7-10-12(14(10,3)4)13(18)19-15(5,6)11(17)8-16/h7,10-12H,8H2,1-6H3/t10-,11-,12-/m1/s1. The Hall–Kier alpha value is 0.170. The lowest BCUT2D eigenvalue weighted by Gasteiger charge is -2.29. The topological polar surface area (TPSA) is 26.3 Å². The van der Waals surface area contributed by atoms with Crippen LogP contribution in [-0.4, -0.2) is 21.7 Å². The number of hydrogen-bond donors (Lipinski definition) is 0. The lowest BCUT2D eigenvalue weighted by Crippen LogP contribution is -2.39. The van der Waals surface area contributed by atoms with Crippen molar-refractivity contribution in [3.63, 3.8) is 0 Å². The number of esters is 1. The van der Waals surface area contributed by atoms with Crippen LogP contribution >= 0.6 is 31.9 Å². The first-order valence-electron chi connectivity index (χ1n) is 6.62. The van der Waals surface area contributed by atoms with Crippen molar-refractivity contribution in [2.75, 3.05) is 5.33 Å². The average Bonchev–Trinajstić information content (AvgIpc) is 2.77. The van der Waals surface area contributed by atoms with Gasteiger partial charge in [-0.1, -0.05) is 57.4 Å². The average molecular weight is 396 g/mol. The van der Waals surface area contributed by atoms with Crippen molar-refractivity contribution in [1.29, 1.82) is 0 Å². The van der Waals surface area contributed by atoms with Crippen LogP contribution in [0.4, 0.5) is 0 Å². The van der Waals surface area contributed by atoms with Gasteiger partial charge in [-0.3, -0.25) is 4.79 Å². The summed E-state index contributed by atoms with van der Waals surface area (Å²) in [5.41, 5.74) is 0.765. The molecule has 0 heterocycles. The zero-order valence-electron chi connectivity index (χ0n) is 12.6. The van der Waals surface area contributed by atoms with Gasteiger partial charge in [0.2, 0.25) is 0 Å². The van der Waals surface area contributed by atoms with E-state index in [0.717, 1.165) is 5.33 Å². The van der Waals surface area contributed by atoms with Gasteiger partial charge in [-0.2, -0.15) is 0 Å². The molecule has 0 aromatic carbocycles. The van der Waals surface area contributed by atoms with Gasteiger partial charge in [0.1, 0.15) is 5.60 Å². The highest BCUT2D eigenvalue weighted by Crippen LogP contribution is 2.60. The molecule has 110 valence electrons. The number of rotatable bonds is 5. The van der Waals surface area contributed by atoms with E-state index in [4.69, 9.17) is 4.74 Å². The molecule has 0 radical (unpaired) electrons. The molecule has 0 N–H and O–H groups in total. The van der Waals surface area contributed by atoms with Gasteiger partial charge in [0.25, 0.3) is 0 Å². The molecule has 0 aliphatic heterocycles. The Kier molecular flexibility index (Phi) is 5.33. The third kappa shape index (κ3) is 3.84. The molecule has 1 saturated carbocycles. The van der Waals surface area contributed by atoms with Crippen molar-refractivity contribution in [3.8, 4) is 0 Å². The Labute approximate surface area is 133 Å². The highest BCUT2D eigenvalue weighted by atomic mass is 79.9. The lowest BCUT2D eigenvalue weighted by atomic mass is 10.1. The van der Waals surface area contributed by atoms with Crippen molar-refractivity contribution >= 4 is 37.8 Å². The van der Waals surface area contributed by atoms with E-state index in [1.165, 1.54) is 5.57 Å². The number of halogens is 2. The van der Waals surface area contributed by atoms with E-state index in [9.17, 15) is 4.79 Å². The van der Waals surface area contributed by atoms with Gasteiger partial charge < -0.3 is 4.74 Å². The predicted molar refractivity (Wildman–Crippen MR) is 86.9 cm³/mol. The van der Waals surface area contributed by atoms with Crippen LogP contribution in [0.25, 0.3) is 0 Å². The highest BCUT2D eigenvalue weighted by Gasteiger charge is 2.62. The highest BCUT2D eigenvalue weighted by molar-refractivity contribution is 9.12. The Morgan fingerprint density at radius 1 is 1.42 bits per heavy atom. The fraction of sp³-hybridized carbons (Fsp3) is 0.800. The van der Waals surface area contributed by atoms with Gasteiger partial charge in [-0.05, 0) is 39.0 Å². The van der Waals surface area contributed by atoms with E-state index in [1.807, 2.05) is 13.8 Å². The second-order valence-corrected chi connectivity index (χ2v) is 8.47. The van der Waals surface area contributed by atoms with Crippen molar-refractivity contribution in [3.05, 3.63) is 11.6 Å². The second kappa shape index (κ2) is 5.88. The maximum atomic E-state index is 12.4. The smallest absolute Gasteiger partial charge is 0.310 e. The van der Waals surface area contributed by atoms with Crippen molar-refractivity contribution < 1.29 is 9.53 Å². The third-order valence-corrected chi connectivity index (χ3v) is 6.87. The Morgan fingerprint density at radius 2 is 1.95 bits per heavy atom. The minimum absolute atomic E-state index is 0.0145. The molecule has 0 amide bonds. The molecule has 0 unspecified atom stereocenters. The minimum atomic E-state index is -0.505. The molecule has 2 nitrogen and oxygen atoms in total. The van der Waals surface area contributed by atoms with Gasteiger partial charge in [0.15, 0.2) is 0 Å². The first-order chi connectivity index (χ1) is 8.54. The van der Waals surface area contributed by atoms with E-state index >= 15 is 0 Å². The fourth-order valence-electron chi connectivity index (χ4n) is 2.37. The van der Waals surface area contributed by atoms with Gasteiger partial charge in [-0.15, -0.1) is 0 Å². The monoisotopic (exact) mass is 394 g/mol. The van der Waals surface area contributed by atoms with Crippen LogP contribution in [0.1, 0.15) is 41.5 Å². The zero-order valence-corrected chi connectivity index (χ0v) is 15.8. The quantitative estimate of drug-likeness (QED) is 0.383. The zero-order chi connectivity index (χ0) is 15.0. The summed E-state index contributed by atoms with van der Waals surface area (Å²) in [7, 11) is 0. The van der Waals surface area contributed by atoms with E-state index in [0.29, 0.717) is 5.92 Å². The number of carbonyl (C=O) groups is 1. The lowest BCUT2D eigenvalue weighted by molar-refractivity contribution is -0.158. The molecule has 0 saturated heterocycles. The molecule has 0 spiro atoms. The van der Waals surface area contributed by atoms with Crippen LogP contribution in [0.3, 0.4) is 0 Å². The predicted octanol–water partition coefficient (Wildman–Crippen LogP) is 4.71. The van der Waals surface area contributed by atoms with E-state index in [2.05, 4.69) is 65.6 Å². The minimum Gasteiger partial charge on any atom is -0.458 e. The van der Waals surface area contributed by atoms with Gasteiger partial charge >= 0.3 is 5.97 Å². The SMILES string of the molecule is CC(C)=C[C@@H]1[C@H](C(=O)OC(C)(C)[C@H](Br)CBr)C1(C)C. The Bertz CT molecular complexity index is 382. The number of alkyl halides is 2. The number of hydrogen-bond acceptors (Lipinski definition) is 2. The first kappa shape index (κ1) is 17.2. The summed E-state index contributed by atoms with van der Waals surface area (Å²) in [5, 5.41) is 0.749. The van der Waals surface area contributed by atoms with Gasteiger partial charge in [0.05, 0.1) is 10.7 Å². The maximum Gasteiger partial charge on any atom is 0.310 e. The Morgan fingerprint density at radius 3 is 2.37 bits per heavy atom. The van der Waals surface area contributed by atoms with E-state index < -0.39 is 5.60 Å². The summed E-state index contributed by atoms with van der Waals surface area (Å²) in [6.07, 6.45) is 2.19. The molecule has 0 aromatic rings. The largest absolute Gasteiger partial charge is 0.458 e. The normalized spacial score (nSPS) is 26.5. The first-order valence-corrected chi connectivity index (χ1v) is 8.65. The molecule has 4 heteroatoms. The molecule has 19 heavy (non-hydrogen) atoms. The molecular weight excluding hydrogens is 372 g/mol. The summed E-state index contributed by atoms with van der Waals surface area (Å²) in [6.45, 7) is 12.3. The Balaban J connectivity index is 2.73. The molecule has 0 aromatic heterocycles. The second-order valence-electron chi connectivity index (χ2n) is 6.72. The van der Waals surface area contributed by atoms with Crippen LogP contribution in [0.2, 0.25) is 0 Å². The summed E-state index contributed by atoms with van der Waals surface area (Å²) in [5.74, 6) is 0.207. The van der Waals surface area contributed by atoms with Crippen molar-refractivity contribution in [2.45, 2.75) is 52.0 Å². The van der Waals surface area contributed by atoms with Crippen LogP contribution in [0, 0.1) is 17.3 Å². The molecule has 1 fully saturated rings. The molecule has 0 bridgehead atoms. The number of carbonyl (C=O) groups excluding carboxylic acids is 1. The molecule has 1 aliphatic carbocycles. The number of allylic oxidation sites excluding steroid dienone is 2. The van der Waals surface area contributed by atoms with Crippen molar-refractivity contribution in [2.24, 2.45) is 17.3 Å². The molecule has 1 rings (SSSR count).